The van der Waals surface area contributed by atoms with Crippen LogP contribution in [0.2, 0.25) is 0 Å². The minimum absolute atomic E-state index is 0.784. The molecule has 0 aliphatic heterocycles. The standard InChI is InChI=1S/C13H22/c1-5-6-7-10-13(4)11-8-9-12(2)3/h5-7,9,13H,1,8,10-11H2,2-4H3. The molecule has 0 bridgehead atoms. The first-order chi connectivity index (χ1) is 6.16. The topological polar surface area (TPSA) is 0 Å². The van der Waals surface area contributed by atoms with Crippen LogP contribution >= 0.6 is 0 Å². The van der Waals surface area contributed by atoms with Crippen molar-refractivity contribution in [1.29, 1.82) is 0 Å². The van der Waals surface area contributed by atoms with Crippen molar-refractivity contribution in [2.75, 3.05) is 0 Å². The van der Waals surface area contributed by atoms with Crippen LogP contribution in [0.4, 0.5) is 0 Å². The van der Waals surface area contributed by atoms with Gasteiger partial charge in [-0.05, 0) is 39.0 Å². The Labute approximate surface area is 83.0 Å². The normalized spacial score (nSPS) is 12.8. The molecule has 0 spiro atoms. The fraction of sp³-hybridized carbons (Fsp3) is 0.538. The number of hydrogen-bond acceptors (Lipinski definition) is 0. The fourth-order valence-electron chi connectivity index (χ4n) is 1.18. The molecule has 0 saturated carbocycles. The molecule has 1 atom stereocenters. The van der Waals surface area contributed by atoms with E-state index in [0.717, 1.165) is 5.92 Å². The van der Waals surface area contributed by atoms with Crippen molar-refractivity contribution in [3.63, 3.8) is 0 Å². The van der Waals surface area contributed by atoms with Gasteiger partial charge in [0.05, 0.1) is 0 Å². The maximum atomic E-state index is 3.65. The first kappa shape index (κ1) is 12.2. The monoisotopic (exact) mass is 178 g/mol. The van der Waals surface area contributed by atoms with Crippen LogP contribution in [0, 0.1) is 5.92 Å². The largest absolute Gasteiger partial charge is 0.0991 e. The highest BCUT2D eigenvalue weighted by Crippen LogP contribution is 2.12. The summed E-state index contributed by atoms with van der Waals surface area (Å²) in [4.78, 5) is 0. The molecule has 0 heteroatoms. The molecule has 0 radical (unpaired) electrons. The van der Waals surface area contributed by atoms with Crippen molar-refractivity contribution in [3.05, 3.63) is 36.5 Å². The van der Waals surface area contributed by atoms with Gasteiger partial charge in [-0.25, -0.2) is 0 Å². The first-order valence-corrected chi connectivity index (χ1v) is 5.07. The SMILES string of the molecule is C=CC=CCC(C)CCC=C(C)C. The fourth-order valence-corrected chi connectivity index (χ4v) is 1.18. The Hall–Kier alpha value is -0.780. The lowest BCUT2D eigenvalue weighted by atomic mass is 10.0. The van der Waals surface area contributed by atoms with E-state index < -0.39 is 0 Å². The van der Waals surface area contributed by atoms with Crippen LogP contribution in [0.15, 0.2) is 36.5 Å². The van der Waals surface area contributed by atoms with Crippen LogP contribution in [-0.4, -0.2) is 0 Å². The van der Waals surface area contributed by atoms with Gasteiger partial charge in [0.2, 0.25) is 0 Å². The molecule has 0 aromatic rings. The van der Waals surface area contributed by atoms with E-state index in [0.29, 0.717) is 0 Å². The predicted molar refractivity (Wildman–Crippen MR) is 61.8 cm³/mol. The zero-order valence-corrected chi connectivity index (χ0v) is 9.22. The molecule has 13 heavy (non-hydrogen) atoms. The van der Waals surface area contributed by atoms with Crippen LogP contribution in [0.5, 0.6) is 0 Å². The summed E-state index contributed by atoms with van der Waals surface area (Å²) in [5.41, 5.74) is 1.42. The second-order valence-electron chi connectivity index (χ2n) is 3.86. The van der Waals surface area contributed by atoms with Crippen molar-refractivity contribution >= 4 is 0 Å². The Balaban J connectivity index is 3.51. The van der Waals surface area contributed by atoms with Crippen molar-refractivity contribution in [2.24, 2.45) is 5.92 Å². The number of rotatable bonds is 6. The van der Waals surface area contributed by atoms with Gasteiger partial charge in [-0.1, -0.05) is 43.4 Å². The van der Waals surface area contributed by atoms with Crippen LogP contribution in [0.25, 0.3) is 0 Å². The third kappa shape index (κ3) is 9.13. The van der Waals surface area contributed by atoms with Crippen LogP contribution in [0.3, 0.4) is 0 Å². The molecule has 0 heterocycles. The highest BCUT2D eigenvalue weighted by atomic mass is 14.0. The smallest absolute Gasteiger partial charge is 0.0322 e. The summed E-state index contributed by atoms with van der Waals surface area (Å²) >= 11 is 0. The Kier molecular flexibility index (Phi) is 7.38. The van der Waals surface area contributed by atoms with E-state index in [1.807, 2.05) is 12.2 Å². The van der Waals surface area contributed by atoms with Crippen LogP contribution < -0.4 is 0 Å². The molecule has 0 aliphatic carbocycles. The molecule has 0 aromatic carbocycles. The van der Waals surface area contributed by atoms with E-state index in [4.69, 9.17) is 0 Å². The van der Waals surface area contributed by atoms with Gasteiger partial charge in [0, 0.05) is 0 Å². The average molecular weight is 178 g/mol. The summed E-state index contributed by atoms with van der Waals surface area (Å²) in [5.74, 6) is 0.784. The van der Waals surface area contributed by atoms with Gasteiger partial charge in [0.1, 0.15) is 0 Å². The summed E-state index contributed by atoms with van der Waals surface area (Å²) in [5, 5.41) is 0. The van der Waals surface area contributed by atoms with Crippen LogP contribution in [0.1, 0.15) is 40.0 Å². The van der Waals surface area contributed by atoms with Gasteiger partial charge < -0.3 is 0 Å². The van der Waals surface area contributed by atoms with Gasteiger partial charge >= 0.3 is 0 Å². The van der Waals surface area contributed by atoms with Gasteiger partial charge in [0.25, 0.3) is 0 Å². The Morgan fingerprint density at radius 2 is 2.08 bits per heavy atom. The Morgan fingerprint density at radius 3 is 2.62 bits per heavy atom. The lowest BCUT2D eigenvalue weighted by molar-refractivity contribution is 0.546. The molecular weight excluding hydrogens is 156 g/mol. The quantitative estimate of drug-likeness (QED) is 0.415. The highest BCUT2D eigenvalue weighted by molar-refractivity contribution is 4.98. The van der Waals surface area contributed by atoms with E-state index in [1.165, 1.54) is 24.8 Å². The molecule has 0 saturated heterocycles. The minimum Gasteiger partial charge on any atom is -0.0991 e. The van der Waals surface area contributed by atoms with Crippen molar-refractivity contribution in [1.82, 2.24) is 0 Å². The maximum Gasteiger partial charge on any atom is -0.0322 e. The third-order valence-corrected chi connectivity index (χ3v) is 2.02. The summed E-state index contributed by atoms with van der Waals surface area (Å²) in [7, 11) is 0. The summed E-state index contributed by atoms with van der Waals surface area (Å²) < 4.78 is 0. The molecule has 0 rings (SSSR count). The van der Waals surface area contributed by atoms with E-state index in [9.17, 15) is 0 Å². The number of allylic oxidation sites excluding steroid dienone is 5. The summed E-state index contributed by atoms with van der Waals surface area (Å²) in [6.45, 7) is 10.3. The van der Waals surface area contributed by atoms with Gasteiger partial charge in [0.15, 0.2) is 0 Å². The zero-order chi connectivity index (χ0) is 10.1. The second kappa shape index (κ2) is 7.85. The third-order valence-electron chi connectivity index (χ3n) is 2.02. The van der Waals surface area contributed by atoms with Crippen LogP contribution in [-0.2, 0) is 0 Å². The van der Waals surface area contributed by atoms with Gasteiger partial charge in [-0.15, -0.1) is 0 Å². The van der Waals surface area contributed by atoms with E-state index in [-0.39, 0.29) is 0 Å². The zero-order valence-electron chi connectivity index (χ0n) is 9.22. The molecule has 0 N–H and O–H groups in total. The molecule has 0 amide bonds. The molecular formula is C13H22. The maximum absolute atomic E-state index is 3.65. The van der Waals surface area contributed by atoms with E-state index in [2.05, 4.69) is 39.5 Å². The van der Waals surface area contributed by atoms with E-state index in [1.54, 1.807) is 0 Å². The molecule has 0 aliphatic rings. The predicted octanol–water partition coefficient (Wildman–Crippen LogP) is 4.50. The lowest BCUT2D eigenvalue weighted by Gasteiger charge is -2.05. The summed E-state index contributed by atoms with van der Waals surface area (Å²) in [6.07, 6.45) is 12.0. The average Bonchev–Trinajstić information content (AvgIpc) is 2.04. The molecule has 0 aromatic heterocycles. The molecule has 0 fully saturated rings. The van der Waals surface area contributed by atoms with Crippen molar-refractivity contribution in [2.45, 2.75) is 40.0 Å². The summed E-state index contributed by atoms with van der Waals surface area (Å²) in [6, 6.07) is 0. The first-order valence-electron chi connectivity index (χ1n) is 5.07. The van der Waals surface area contributed by atoms with Crippen molar-refractivity contribution < 1.29 is 0 Å². The molecule has 1 unspecified atom stereocenters. The Bertz CT molecular complexity index is 180. The van der Waals surface area contributed by atoms with E-state index >= 15 is 0 Å². The lowest BCUT2D eigenvalue weighted by Crippen LogP contribution is -1.91. The molecule has 0 nitrogen and oxygen atoms in total. The highest BCUT2D eigenvalue weighted by Gasteiger charge is 1.96. The van der Waals surface area contributed by atoms with Gasteiger partial charge in [-0.2, -0.15) is 0 Å². The molecule has 74 valence electrons. The van der Waals surface area contributed by atoms with Gasteiger partial charge in [-0.3, -0.25) is 0 Å². The van der Waals surface area contributed by atoms with Crippen molar-refractivity contribution in [3.8, 4) is 0 Å². The number of hydrogen-bond donors (Lipinski definition) is 0. The Morgan fingerprint density at radius 1 is 1.38 bits per heavy atom. The second-order valence-corrected chi connectivity index (χ2v) is 3.86. The minimum atomic E-state index is 0.784.